The normalized spacial score (nSPS) is 10.3. The van der Waals surface area contributed by atoms with E-state index in [2.05, 4.69) is 0 Å². The van der Waals surface area contributed by atoms with E-state index in [-0.39, 0.29) is 5.91 Å². The first-order valence-electron chi connectivity index (χ1n) is 7.30. The summed E-state index contributed by atoms with van der Waals surface area (Å²) in [7, 11) is 1.49. The zero-order chi connectivity index (χ0) is 15.9. The highest BCUT2D eigenvalue weighted by Crippen LogP contribution is 2.23. The predicted molar refractivity (Wildman–Crippen MR) is 86.7 cm³/mol. The third-order valence-corrected chi connectivity index (χ3v) is 3.34. The Morgan fingerprint density at radius 1 is 1.09 bits per heavy atom. The van der Waals surface area contributed by atoms with Crippen molar-refractivity contribution < 1.29 is 14.4 Å². The van der Waals surface area contributed by atoms with Gasteiger partial charge >= 0.3 is 0 Å². The van der Waals surface area contributed by atoms with Crippen LogP contribution in [0.1, 0.15) is 24.5 Å². The van der Waals surface area contributed by atoms with Crippen LogP contribution >= 0.6 is 0 Å². The zero-order valence-corrected chi connectivity index (χ0v) is 13.2. The number of carbonyl (C=O) groups excluding carboxylic acids is 1. The topological polar surface area (TPSA) is 38.8 Å². The summed E-state index contributed by atoms with van der Waals surface area (Å²) in [6.07, 6.45) is 0.376. The molecule has 0 unspecified atom stereocenters. The molecule has 0 aromatic heterocycles. The molecule has 0 saturated carbocycles. The van der Waals surface area contributed by atoms with E-state index in [9.17, 15) is 4.79 Å². The molecule has 4 nitrogen and oxygen atoms in total. The lowest BCUT2D eigenvalue weighted by atomic mass is 10.2. The lowest BCUT2D eigenvalue weighted by Crippen LogP contribution is -2.30. The first-order valence-corrected chi connectivity index (χ1v) is 7.30. The number of amides is 1. The second-order valence-corrected chi connectivity index (χ2v) is 4.95. The number of benzene rings is 2. The maximum atomic E-state index is 12.0. The maximum Gasteiger partial charge on any atom is 0.250 e. The molecule has 1 amide bonds. The van der Waals surface area contributed by atoms with Gasteiger partial charge in [-0.3, -0.25) is 9.63 Å². The summed E-state index contributed by atoms with van der Waals surface area (Å²) in [5.41, 5.74) is 2.79. The second kappa shape index (κ2) is 7.61. The van der Waals surface area contributed by atoms with Crippen LogP contribution in [-0.2, 0) is 16.2 Å². The number of hydrogen-bond donors (Lipinski definition) is 0. The first-order chi connectivity index (χ1) is 10.7. The number of carbonyl (C=O) groups is 1. The molecular weight excluding hydrogens is 278 g/mol. The molecule has 2 rings (SSSR count). The largest absolute Gasteiger partial charge is 0.489 e. The number of anilines is 1. The Morgan fingerprint density at radius 3 is 2.41 bits per heavy atom. The van der Waals surface area contributed by atoms with Crippen molar-refractivity contribution >= 4 is 11.6 Å². The molecular formula is C18H21NO3. The average Bonchev–Trinajstić information content (AvgIpc) is 2.56. The standard InChI is InChI=1S/C18H21NO3/c1-4-18(20)19(21-3)17-8-6-5-7-15(17)13-22-16-11-9-14(2)10-12-16/h5-12H,4,13H2,1-3H3. The zero-order valence-electron chi connectivity index (χ0n) is 13.2. The van der Waals surface area contributed by atoms with Gasteiger partial charge in [0.15, 0.2) is 0 Å². The Bertz CT molecular complexity index is 622. The molecule has 0 heterocycles. The van der Waals surface area contributed by atoms with Gasteiger partial charge in [0.2, 0.25) is 0 Å². The molecule has 4 heteroatoms. The molecule has 0 saturated heterocycles. The van der Waals surface area contributed by atoms with Crippen LogP contribution in [-0.4, -0.2) is 13.0 Å². The Labute approximate surface area is 131 Å². The van der Waals surface area contributed by atoms with Crippen molar-refractivity contribution in [1.82, 2.24) is 0 Å². The van der Waals surface area contributed by atoms with E-state index < -0.39 is 0 Å². The lowest BCUT2D eigenvalue weighted by Gasteiger charge is -2.22. The number of ether oxygens (including phenoxy) is 1. The summed E-state index contributed by atoms with van der Waals surface area (Å²) < 4.78 is 5.80. The van der Waals surface area contributed by atoms with Gasteiger partial charge < -0.3 is 4.74 Å². The van der Waals surface area contributed by atoms with Gasteiger partial charge in [-0.2, -0.15) is 5.06 Å². The van der Waals surface area contributed by atoms with Crippen LogP contribution in [0.4, 0.5) is 5.69 Å². The lowest BCUT2D eigenvalue weighted by molar-refractivity contribution is -0.124. The minimum absolute atomic E-state index is 0.0923. The van der Waals surface area contributed by atoms with Crippen molar-refractivity contribution in [3.8, 4) is 5.75 Å². The van der Waals surface area contributed by atoms with E-state index in [1.54, 1.807) is 6.92 Å². The number of para-hydroxylation sites is 1. The minimum Gasteiger partial charge on any atom is -0.489 e. The predicted octanol–water partition coefficient (Wildman–Crippen LogP) is 3.88. The number of rotatable bonds is 6. The number of hydrogen-bond acceptors (Lipinski definition) is 3. The Morgan fingerprint density at radius 2 is 1.77 bits per heavy atom. The molecule has 116 valence electrons. The summed E-state index contributed by atoms with van der Waals surface area (Å²) >= 11 is 0. The molecule has 0 fully saturated rings. The molecule has 0 N–H and O–H groups in total. The summed E-state index contributed by atoms with van der Waals surface area (Å²) in [5.74, 6) is 0.705. The van der Waals surface area contributed by atoms with Gasteiger partial charge in [-0.15, -0.1) is 0 Å². The van der Waals surface area contributed by atoms with E-state index in [1.807, 2.05) is 55.5 Å². The van der Waals surface area contributed by atoms with Crippen LogP contribution in [0.5, 0.6) is 5.75 Å². The van der Waals surface area contributed by atoms with Crippen LogP contribution in [0.25, 0.3) is 0 Å². The van der Waals surface area contributed by atoms with Crippen LogP contribution in [0.3, 0.4) is 0 Å². The minimum atomic E-state index is -0.0923. The van der Waals surface area contributed by atoms with E-state index in [1.165, 1.54) is 17.7 Å². The van der Waals surface area contributed by atoms with Crippen LogP contribution in [0.15, 0.2) is 48.5 Å². The number of hydroxylamine groups is 1. The van der Waals surface area contributed by atoms with Crippen molar-refractivity contribution in [1.29, 1.82) is 0 Å². The van der Waals surface area contributed by atoms with Gasteiger partial charge in [-0.05, 0) is 25.1 Å². The smallest absolute Gasteiger partial charge is 0.250 e. The van der Waals surface area contributed by atoms with Crippen molar-refractivity contribution in [2.45, 2.75) is 26.9 Å². The van der Waals surface area contributed by atoms with Gasteiger partial charge in [-0.25, -0.2) is 0 Å². The molecule has 0 aliphatic heterocycles. The molecule has 0 bridgehead atoms. The highest BCUT2D eigenvalue weighted by molar-refractivity contribution is 5.91. The van der Waals surface area contributed by atoms with Crippen LogP contribution < -0.4 is 9.80 Å². The Balaban J connectivity index is 2.17. The SMILES string of the molecule is CCC(=O)N(OC)c1ccccc1COc1ccc(C)cc1. The van der Waals surface area contributed by atoms with E-state index in [4.69, 9.17) is 9.57 Å². The molecule has 2 aromatic carbocycles. The van der Waals surface area contributed by atoms with Crippen LogP contribution in [0.2, 0.25) is 0 Å². The quantitative estimate of drug-likeness (QED) is 0.760. The monoisotopic (exact) mass is 299 g/mol. The van der Waals surface area contributed by atoms with Gasteiger partial charge in [0.05, 0.1) is 12.8 Å². The third-order valence-electron chi connectivity index (χ3n) is 3.34. The molecule has 22 heavy (non-hydrogen) atoms. The summed E-state index contributed by atoms with van der Waals surface area (Å²) in [6, 6.07) is 15.4. The van der Waals surface area contributed by atoms with Gasteiger partial charge in [0.25, 0.3) is 5.91 Å². The third kappa shape index (κ3) is 3.86. The number of nitrogens with zero attached hydrogens (tertiary/aromatic N) is 1. The summed E-state index contributed by atoms with van der Waals surface area (Å²) in [5, 5.41) is 1.31. The highest BCUT2D eigenvalue weighted by Gasteiger charge is 2.17. The van der Waals surface area contributed by atoms with Gasteiger partial charge in [0.1, 0.15) is 12.4 Å². The molecule has 0 aliphatic rings. The van der Waals surface area contributed by atoms with Gasteiger partial charge in [0, 0.05) is 12.0 Å². The average molecular weight is 299 g/mol. The van der Waals surface area contributed by atoms with Crippen molar-refractivity contribution in [2.24, 2.45) is 0 Å². The van der Waals surface area contributed by atoms with Crippen molar-refractivity contribution in [2.75, 3.05) is 12.2 Å². The number of aryl methyl sites for hydroxylation is 1. The van der Waals surface area contributed by atoms with Crippen molar-refractivity contribution in [3.63, 3.8) is 0 Å². The fraction of sp³-hybridized carbons (Fsp3) is 0.278. The molecule has 0 aliphatic carbocycles. The molecule has 0 radical (unpaired) electrons. The van der Waals surface area contributed by atoms with Crippen molar-refractivity contribution in [3.05, 3.63) is 59.7 Å². The van der Waals surface area contributed by atoms with E-state index in [0.29, 0.717) is 18.7 Å². The highest BCUT2D eigenvalue weighted by atomic mass is 16.7. The van der Waals surface area contributed by atoms with Crippen LogP contribution in [0, 0.1) is 6.92 Å². The molecule has 0 spiro atoms. The summed E-state index contributed by atoms with van der Waals surface area (Å²) in [4.78, 5) is 17.2. The fourth-order valence-corrected chi connectivity index (χ4v) is 2.10. The first kappa shape index (κ1) is 16.0. The van der Waals surface area contributed by atoms with E-state index in [0.717, 1.165) is 11.3 Å². The Hall–Kier alpha value is -2.33. The maximum absolute atomic E-state index is 12.0. The fourth-order valence-electron chi connectivity index (χ4n) is 2.10. The van der Waals surface area contributed by atoms with E-state index >= 15 is 0 Å². The molecule has 0 atom stereocenters. The Kier molecular flexibility index (Phi) is 5.55. The van der Waals surface area contributed by atoms with Gasteiger partial charge in [-0.1, -0.05) is 42.8 Å². The second-order valence-electron chi connectivity index (χ2n) is 4.95. The summed E-state index contributed by atoms with van der Waals surface area (Å²) in [6.45, 7) is 4.21. The molecule has 2 aromatic rings.